The summed E-state index contributed by atoms with van der Waals surface area (Å²) in [5, 5.41) is 0. The Bertz CT molecular complexity index is 377. The molecule has 0 heterocycles. The van der Waals surface area contributed by atoms with Gasteiger partial charge in [-0.25, -0.2) is 0 Å². The van der Waals surface area contributed by atoms with Gasteiger partial charge in [-0.15, -0.1) is 13.2 Å². The van der Waals surface area contributed by atoms with Crippen LogP contribution in [0.25, 0.3) is 0 Å². The maximum atomic E-state index is 12.1. The molecule has 0 bridgehead atoms. The molecule has 0 aliphatic carbocycles. The van der Waals surface area contributed by atoms with Crippen molar-refractivity contribution < 1.29 is 22.6 Å². The molecule has 96 valence electrons. The van der Waals surface area contributed by atoms with Gasteiger partial charge in [0.25, 0.3) is 0 Å². The van der Waals surface area contributed by atoms with Gasteiger partial charge in [-0.1, -0.05) is 29.8 Å². The van der Waals surface area contributed by atoms with E-state index in [2.05, 4.69) is 20.7 Å². The number of ether oxygens (including phenoxy) is 2. The number of halogens is 4. The van der Waals surface area contributed by atoms with Gasteiger partial charge in [0.05, 0.1) is 6.61 Å². The van der Waals surface area contributed by atoms with Gasteiger partial charge in [0.1, 0.15) is 0 Å². The SMILES string of the molecule is CC(C)COc1cc(Br)ccc1OC(F)(F)F. The van der Waals surface area contributed by atoms with Gasteiger partial charge < -0.3 is 9.47 Å². The molecule has 0 unspecified atom stereocenters. The molecule has 0 aliphatic rings. The normalized spacial score (nSPS) is 11.7. The highest BCUT2D eigenvalue weighted by molar-refractivity contribution is 9.10. The summed E-state index contributed by atoms with van der Waals surface area (Å²) < 4.78 is 46.2. The van der Waals surface area contributed by atoms with E-state index in [1.807, 2.05) is 13.8 Å². The molecule has 6 heteroatoms. The molecule has 1 aromatic carbocycles. The van der Waals surface area contributed by atoms with Crippen LogP contribution in [0.1, 0.15) is 13.8 Å². The van der Waals surface area contributed by atoms with Crippen molar-refractivity contribution in [2.45, 2.75) is 20.2 Å². The average Bonchev–Trinajstić information content (AvgIpc) is 2.16. The first kappa shape index (κ1) is 14.2. The van der Waals surface area contributed by atoms with E-state index in [4.69, 9.17) is 4.74 Å². The minimum atomic E-state index is -4.72. The molecular formula is C11H12BrF3O2. The van der Waals surface area contributed by atoms with Crippen molar-refractivity contribution in [1.29, 1.82) is 0 Å². The van der Waals surface area contributed by atoms with Crippen LogP contribution in [-0.4, -0.2) is 13.0 Å². The van der Waals surface area contributed by atoms with E-state index in [1.165, 1.54) is 18.2 Å². The monoisotopic (exact) mass is 312 g/mol. The van der Waals surface area contributed by atoms with Crippen molar-refractivity contribution in [3.8, 4) is 11.5 Å². The van der Waals surface area contributed by atoms with Crippen molar-refractivity contribution in [3.05, 3.63) is 22.7 Å². The first-order valence-corrected chi connectivity index (χ1v) is 5.75. The predicted octanol–water partition coefficient (Wildman–Crippen LogP) is 4.38. The Balaban J connectivity index is 2.87. The van der Waals surface area contributed by atoms with E-state index in [0.29, 0.717) is 11.1 Å². The molecule has 0 aliphatic heterocycles. The summed E-state index contributed by atoms with van der Waals surface area (Å²) >= 11 is 3.17. The van der Waals surface area contributed by atoms with Crippen LogP contribution in [0, 0.1) is 5.92 Å². The second kappa shape index (κ2) is 5.62. The summed E-state index contributed by atoms with van der Waals surface area (Å²) in [6, 6.07) is 4.12. The second-order valence-electron chi connectivity index (χ2n) is 3.84. The third-order valence-corrected chi connectivity index (χ3v) is 2.20. The fraction of sp³-hybridized carbons (Fsp3) is 0.455. The first-order valence-electron chi connectivity index (χ1n) is 4.96. The molecule has 0 spiro atoms. The van der Waals surface area contributed by atoms with E-state index in [1.54, 1.807) is 0 Å². The molecule has 0 N–H and O–H groups in total. The highest BCUT2D eigenvalue weighted by atomic mass is 79.9. The summed E-state index contributed by atoms with van der Waals surface area (Å²) in [4.78, 5) is 0. The smallest absolute Gasteiger partial charge is 0.489 e. The van der Waals surface area contributed by atoms with Gasteiger partial charge in [0, 0.05) is 4.47 Å². The van der Waals surface area contributed by atoms with Crippen LogP contribution >= 0.6 is 15.9 Å². The maximum absolute atomic E-state index is 12.1. The van der Waals surface area contributed by atoms with Crippen LogP contribution < -0.4 is 9.47 Å². The summed E-state index contributed by atoms with van der Waals surface area (Å²) in [6.07, 6.45) is -4.72. The molecule has 1 aromatic rings. The lowest BCUT2D eigenvalue weighted by molar-refractivity contribution is -0.275. The molecule has 0 saturated carbocycles. The number of benzene rings is 1. The maximum Gasteiger partial charge on any atom is 0.573 e. The molecule has 0 aromatic heterocycles. The quantitative estimate of drug-likeness (QED) is 0.821. The lowest BCUT2D eigenvalue weighted by Gasteiger charge is -2.15. The van der Waals surface area contributed by atoms with E-state index < -0.39 is 6.36 Å². The molecule has 0 fully saturated rings. The largest absolute Gasteiger partial charge is 0.573 e. The van der Waals surface area contributed by atoms with Gasteiger partial charge in [0.2, 0.25) is 0 Å². The fourth-order valence-corrected chi connectivity index (χ4v) is 1.40. The Kier molecular flexibility index (Phi) is 4.68. The predicted molar refractivity (Wildman–Crippen MR) is 61.2 cm³/mol. The van der Waals surface area contributed by atoms with E-state index in [0.717, 1.165) is 0 Å². The molecule has 17 heavy (non-hydrogen) atoms. The zero-order valence-electron chi connectivity index (χ0n) is 9.34. The van der Waals surface area contributed by atoms with Crippen LogP contribution in [0.4, 0.5) is 13.2 Å². The fourth-order valence-electron chi connectivity index (χ4n) is 1.06. The zero-order valence-corrected chi connectivity index (χ0v) is 10.9. The van der Waals surface area contributed by atoms with Crippen LogP contribution in [-0.2, 0) is 0 Å². The van der Waals surface area contributed by atoms with Crippen molar-refractivity contribution in [3.63, 3.8) is 0 Å². The van der Waals surface area contributed by atoms with Gasteiger partial charge in [-0.05, 0) is 24.1 Å². The van der Waals surface area contributed by atoms with Gasteiger partial charge in [-0.3, -0.25) is 0 Å². The van der Waals surface area contributed by atoms with Crippen molar-refractivity contribution in [1.82, 2.24) is 0 Å². The van der Waals surface area contributed by atoms with E-state index in [9.17, 15) is 13.2 Å². The number of alkyl halides is 3. The Morgan fingerprint density at radius 3 is 2.41 bits per heavy atom. The highest BCUT2D eigenvalue weighted by Gasteiger charge is 2.32. The highest BCUT2D eigenvalue weighted by Crippen LogP contribution is 2.34. The van der Waals surface area contributed by atoms with Crippen LogP contribution in [0.2, 0.25) is 0 Å². The summed E-state index contributed by atoms with van der Waals surface area (Å²) in [7, 11) is 0. The second-order valence-corrected chi connectivity index (χ2v) is 4.76. The molecule has 0 radical (unpaired) electrons. The van der Waals surface area contributed by atoms with E-state index in [-0.39, 0.29) is 17.4 Å². The topological polar surface area (TPSA) is 18.5 Å². The zero-order chi connectivity index (χ0) is 13.1. The third kappa shape index (κ3) is 5.30. The van der Waals surface area contributed by atoms with Crippen molar-refractivity contribution in [2.24, 2.45) is 5.92 Å². The standard InChI is InChI=1S/C11H12BrF3O2/c1-7(2)6-16-10-5-8(12)3-4-9(10)17-11(13,14)15/h3-5,7H,6H2,1-2H3. The molecular weight excluding hydrogens is 301 g/mol. The van der Waals surface area contributed by atoms with Crippen molar-refractivity contribution in [2.75, 3.05) is 6.61 Å². The van der Waals surface area contributed by atoms with Crippen LogP contribution in [0.3, 0.4) is 0 Å². The molecule has 1 rings (SSSR count). The number of rotatable bonds is 4. The lowest BCUT2D eigenvalue weighted by Crippen LogP contribution is -2.18. The van der Waals surface area contributed by atoms with Gasteiger partial charge in [0.15, 0.2) is 11.5 Å². The minimum Gasteiger partial charge on any atom is -0.489 e. The summed E-state index contributed by atoms with van der Waals surface area (Å²) in [5.74, 6) is -0.0422. The van der Waals surface area contributed by atoms with Crippen molar-refractivity contribution >= 4 is 15.9 Å². The lowest BCUT2D eigenvalue weighted by atomic mass is 10.2. The Labute approximate surface area is 106 Å². The molecule has 2 nitrogen and oxygen atoms in total. The molecule has 0 amide bonds. The number of hydrogen-bond acceptors (Lipinski definition) is 2. The first-order chi connectivity index (χ1) is 7.78. The summed E-state index contributed by atoms with van der Waals surface area (Å²) in [6.45, 7) is 4.13. The molecule has 0 atom stereocenters. The minimum absolute atomic E-state index is 0.0744. The van der Waals surface area contributed by atoms with Crippen LogP contribution in [0.5, 0.6) is 11.5 Å². The van der Waals surface area contributed by atoms with Gasteiger partial charge >= 0.3 is 6.36 Å². The van der Waals surface area contributed by atoms with Gasteiger partial charge in [-0.2, -0.15) is 0 Å². The average molecular weight is 313 g/mol. The van der Waals surface area contributed by atoms with Crippen LogP contribution in [0.15, 0.2) is 22.7 Å². The third-order valence-electron chi connectivity index (χ3n) is 1.70. The Hall–Kier alpha value is -0.910. The summed E-state index contributed by atoms with van der Waals surface area (Å²) in [5.41, 5.74) is 0. The molecule has 0 saturated heterocycles. The van der Waals surface area contributed by atoms with E-state index >= 15 is 0 Å². The number of hydrogen-bond donors (Lipinski definition) is 0. The Morgan fingerprint density at radius 1 is 1.24 bits per heavy atom. The Morgan fingerprint density at radius 2 is 1.88 bits per heavy atom.